The second-order valence-electron chi connectivity index (χ2n) is 10.1. The van der Waals surface area contributed by atoms with Crippen molar-refractivity contribution in [1.29, 1.82) is 0 Å². The molecule has 2 heterocycles. The average Bonchev–Trinajstić information content (AvgIpc) is 3.15. The number of rotatable bonds is 22. The minimum atomic E-state index is -1.01. The fraction of sp³-hybridized carbons (Fsp3) is 0.800. The van der Waals surface area contributed by atoms with E-state index in [-0.39, 0.29) is 0 Å². The van der Waals surface area contributed by atoms with Gasteiger partial charge in [0.1, 0.15) is 11.5 Å². The van der Waals surface area contributed by atoms with E-state index >= 15 is 0 Å². The van der Waals surface area contributed by atoms with E-state index in [1.54, 1.807) is 0 Å². The van der Waals surface area contributed by atoms with E-state index in [0.29, 0.717) is 6.61 Å². The van der Waals surface area contributed by atoms with E-state index in [1.807, 2.05) is 24.3 Å². The maximum atomic E-state index is 6.42. The lowest BCUT2D eigenvalue weighted by Gasteiger charge is -2.33. The van der Waals surface area contributed by atoms with Crippen LogP contribution in [0.2, 0.25) is 0 Å². The Kier molecular flexibility index (Phi) is 15.4. The highest BCUT2D eigenvalue weighted by molar-refractivity contribution is 5.33. The summed E-state index contributed by atoms with van der Waals surface area (Å²) in [5.41, 5.74) is 0. The van der Waals surface area contributed by atoms with Gasteiger partial charge in [0.25, 0.3) is 0 Å². The van der Waals surface area contributed by atoms with Gasteiger partial charge in [-0.15, -0.1) is 0 Å². The van der Waals surface area contributed by atoms with E-state index in [2.05, 4.69) is 37.5 Å². The van der Waals surface area contributed by atoms with Crippen LogP contribution in [-0.4, -0.2) is 61.6 Å². The third-order valence-corrected chi connectivity index (χ3v) is 6.83. The van der Waals surface area contributed by atoms with Crippen LogP contribution in [0.1, 0.15) is 105 Å². The molecule has 5 nitrogen and oxygen atoms in total. The van der Waals surface area contributed by atoms with Crippen LogP contribution in [0.3, 0.4) is 0 Å². The Balaban J connectivity index is 1.86. The second-order valence-corrected chi connectivity index (χ2v) is 10.1. The van der Waals surface area contributed by atoms with Crippen LogP contribution in [0.4, 0.5) is 0 Å². The molecule has 1 aromatic carbocycles. The highest BCUT2D eigenvalue weighted by Gasteiger charge is 2.38. The molecule has 202 valence electrons. The van der Waals surface area contributed by atoms with Gasteiger partial charge in [-0.3, -0.25) is 0 Å². The summed E-state index contributed by atoms with van der Waals surface area (Å²) in [7, 11) is 0. The quantitative estimate of drug-likeness (QED) is 0.157. The maximum absolute atomic E-state index is 6.42. The highest BCUT2D eigenvalue weighted by Crippen LogP contribution is 2.33. The zero-order valence-electron chi connectivity index (χ0n) is 23.4. The summed E-state index contributed by atoms with van der Waals surface area (Å²) >= 11 is 0. The lowest BCUT2D eigenvalue weighted by molar-refractivity contribution is -0.304. The van der Waals surface area contributed by atoms with Gasteiger partial charge in [0.15, 0.2) is 0 Å². The summed E-state index contributed by atoms with van der Waals surface area (Å²) in [6.45, 7) is 16.7. The average molecular weight is 491 g/mol. The molecule has 1 aromatic rings. The minimum absolute atomic E-state index is 0.658. The minimum Gasteiger partial charge on any atom is -0.430 e. The topological polar surface area (TPSA) is 34.2 Å². The molecule has 0 aromatic heterocycles. The molecule has 0 spiro atoms. The zero-order chi connectivity index (χ0) is 25.2. The van der Waals surface area contributed by atoms with Crippen LogP contribution in [0.5, 0.6) is 11.5 Å². The van der Waals surface area contributed by atoms with Crippen LogP contribution < -0.4 is 9.47 Å². The van der Waals surface area contributed by atoms with Gasteiger partial charge >= 0.3 is 5.97 Å². The van der Waals surface area contributed by atoms with Gasteiger partial charge in [-0.25, -0.2) is 0 Å². The lowest BCUT2D eigenvalue weighted by atomic mass is 10.2. The monoisotopic (exact) mass is 490 g/mol. The molecule has 0 atom stereocenters. The van der Waals surface area contributed by atoms with E-state index in [9.17, 15) is 0 Å². The van der Waals surface area contributed by atoms with Crippen LogP contribution in [-0.2, 0) is 4.74 Å². The largest absolute Gasteiger partial charge is 0.430 e. The molecule has 0 saturated heterocycles. The number of nitrogens with zero attached hydrogens (tertiary/aromatic N) is 2. The molecule has 0 N–H and O–H groups in total. The van der Waals surface area contributed by atoms with Crippen molar-refractivity contribution in [1.82, 2.24) is 9.80 Å². The highest BCUT2D eigenvalue weighted by atomic mass is 16.9. The molecular weight excluding hydrogens is 436 g/mol. The fourth-order valence-electron chi connectivity index (χ4n) is 4.57. The summed E-state index contributed by atoms with van der Waals surface area (Å²) in [5, 5.41) is 0. The smallest absolute Gasteiger partial charge is 0.371 e. The molecular formula is C30H54N2O3. The predicted octanol–water partition coefficient (Wildman–Crippen LogP) is 7.49. The van der Waals surface area contributed by atoms with E-state index in [4.69, 9.17) is 14.2 Å². The van der Waals surface area contributed by atoms with E-state index in [1.165, 1.54) is 77.5 Å². The van der Waals surface area contributed by atoms with Gasteiger partial charge in [0.05, 0.1) is 13.0 Å². The first kappa shape index (κ1) is 29.9. The number of unbranched alkanes of at least 4 members (excludes halogenated alkanes) is 5. The van der Waals surface area contributed by atoms with Crippen LogP contribution in [0.15, 0.2) is 24.3 Å². The Morgan fingerprint density at radius 1 is 0.571 bits per heavy atom. The molecule has 0 aliphatic carbocycles. The Morgan fingerprint density at radius 2 is 0.971 bits per heavy atom. The molecule has 2 aliphatic rings. The third kappa shape index (κ3) is 12.0. The summed E-state index contributed by atoms with van der Waals surface area (Å²) in [4.78, 5) is 5.23. The summed E-state index contributed by atoms with van der Waals surface area (Å²) in [6.07, 6.45) is 14.0. The van der Waals surface area contributed by atoms with E-state index in [0.717, 1.165) is 50.3 Å². The van der Waals surface area contributed by atoms with Crippen LogP contribution >= 0.6 is 0 Å². The van der Waals surface area contributed by atoms with E-state index < -0.39 is 5.97 Å². The lowest BCUT2D eigenvalue weighted by Crippen LogP contribution is -2.45. The molecule has 0 amide bonds. The summed E-state index contributed by atoms with van der Waals surface area (Å²) in [5.74, 6) is 0.638. The van der Waals surface area contributed by atoms with Gasteiger partial charge < -0.3 is 24.0 Å². The van der Waals surface area contributed by atoms with Gasteiger partial charge in [0.2, 0.25) is 0 Å². The van der Waals surface area contributed by atoms with Crippen molar-refractivity contribution in [2.75, 3.05) is 45.9 Å². The number of hydrogen-bond donors (Lipinski definition) is 0. The molecule has 0 unspecified atom stereocenters. The zero-order valence-corrected chi connectivity index (χ0v) is 23.4. The molecule has 0 fully saturated rings. The van der Waals surface area contributed by atoms with Crippen molar-refractivity contribution >= 4 is 0 Å². The third-order valence-electron chi connectivity index (χ3n) is 6.83. The van der Waals surface area contributed by atoms with Crippen molar-refractivity contribution in [3.8, 4) is 11.5 Å². The number of fused-ring (bicyclic) bond motifs is 4. The molecule has 35 heavy (non-hydrogen) atoms. The Hall–Kier alpha value is -1.30. The maximum Gasteiger partial charge on any atom is 0.371 e. The first-order valence-electron chi connectivity index (χ1n) is 14.7. The SMILES string of the molecule is CCCCN(CCCC)CCCCOC1(CCCN(CCCC)CCCC)Oc2ccc(cc2)O1. The van der Waals surface area contributed by atoms with Gasteiger partial charge in [0, 0.05) is 0 Å². The molecule has 5 heteroatoms. The molecule has 2 aliphatic heterocycles. The molecule has 2 bridgehead atoms. The van der Waals surface area contributed by atoms with Crippen LogP contribution in [0.25, 0.3) is 0 Å². The predicted molar refractivity (Wildman–Crippen MR) is 147 cm³/mol. The van der Waals surface area contributed by atoms with Crippen molar-refractivity contribution in [3.05, 3.63) is 24.3 Å². The van der Waals surface area contributed by atoms with Crippen molar-refractivity contribution in [2.45, 2.75) is 111 Å². The number of hydrogen-bond acceptors (Lipinski definition) is 5. The molecule has 0 saturated carbocycles. The van der Waals surface area contributed by atoms with Gasteiger partial charge in [-0.2, -0.15) is 0 Å². The Labute approximate surface area is 216 Å². The first-order valence-corrected chi connectivity index (χ1v) is 14.7. The second kappa shape index (κ2) is 18.0. The fourth-order valence-corrected chi connectivity index (χ4v) is 4.57. The Morgan fingerprint density at radius 3 is 1.40 bits per heavy atom. The van der Waals surface area contributed by atoms with Crippen molar-refractivity contribution in [2.24, 2.45) is 0 Å². The van der Waals surface area contributed by atoms with Crippen LogP contribution in [0, 0.1) is 0 Å². The van der Waals surface area contributed by atoms with Crippen molar-refractivity contribution in [3.63, 3.8) is 0 Å². The number of ether oxygens (including phenoxy) is 3. The van der Waals surface area contributed by atoms with Gasteiger partial charge in [-0.1, -0.05) is 53.4 Å². The number of benzene rings is 1. The summed E-state index contributed by atoms with van der Waals surface area (Å²) in [6, 6.07) is 7.92. The molecule has 0 radical (unpaired) electrons. The van der Waals surface area contributed by atoms with Crippen molar-refractivity contribution < 1.29 is 14.2 Å². The Bertz CT molecular complexity index is 596. The molecule has 3 rings (SSSR count). The first-order chi connectivity index (χ1) is 17.1. The summed E-state index contributed by atoms with van der Waals surface area (Å²) < 4.78 is 19.0. The normalized spacial score (nSPS) is 14.3. The standard InChI is InChI=1S/C30H54N2O3/c1-5-9-21-31(22-10-6-2)25-13-14-27-33-30(34-28-16-17-29(35-30)19-18-28)20-15-26-32(23-11-7-3)24-12-8-4/h16-19H,5-15,20-27H2,1-4H3. The van der Waals surface area contributed by atoms with Gasteiger partial charge in [-0.05, 0) is 108 Å².